The largest absolute Gasteiger partial charge is 0.366 e. The highest BCUT2D eigenvalue weighted by molar-refractivity contribution is 8.93. The number of nitrogens with zero attached hydrogens (tertiary/aromatic N) is 1. The Bertz CT molecular complexity index is 74.0. The maximum Gasteiger partial charge on any atom is 0.0990 e. The third kappa shape index (κ3) is 3.54. The van der Waals surface area contributed by atoms with Crippen LogP contribution < -0.4 is 0 Å². The fourth-order valence-corrected chi connectivity index (χ4v) is 1.13. The van der Waals surface area contributed by atoms with Crippen LogP contribution in [0.1, 0.15) is 19.8 Å². The molecule has 0 atom stereocenters. The van der Waals surface area contributed by atoms with Gasteiger partial charge in [0.25, 0.3) is 0 Å². The molecule has 0 radical (unpaired) electrons. The molecule has 0 aromatic carbocycles. The Morgan fingerprint density at radius 1 is 1.30 bits per heavy atom. The first kappa shape index (κ1) is 10.4. The molecular formula is C7H16BrNO. The number of ether oxygens (including phenoxy) is 1. The van der Waals surface area contributed by atoms with Crippen LogP contribution in [-0.2, 0) is 4.74 Å². The van der Waals surface area contributed by atoms with E-state index in [0.29, 0.717) is 0 Å². The summed E-state index contributed by atoms with van der Waals surface area (Å²) in [6.45, 7) is 6.20. The van der Waals surface area contributed by atoms with Gasteiger partial charge in [0.1, 0.15) is 0 Å². The molecule has 1 aliphatic rings. The fraction of sp³-hybridized carbons (Fsp3) is 1.00. The molecule has 0 N–H and O–H groups in total. The molecule has 10 heavy (non-hydrogen) atoms. The molecule has 1 fully saturated rings. The zero-order valence-electron chi connectivity index (χ0n) is 6.51. The summed E-state index contributed by atoms with van der Waals surface area (Å²) in [4.78, 5) is 2.35. The highest BCUT2D eigenvalue weighted by Crippen LogP contribution is 2.05. The molecule has 0 spiro atoms. The molecule has 0 aliphatic carbocycles. The van der Waals surface area contributed by atoms with Gasteiger partial charge in [-0.2, -0.15) is 0 Å². The third-order valence-electron chi connectivity index (χ3n) is 1.68. The van der Waals surface area contributed by atoms with Crippen molar-refractivity contribution in [2.24, 2.45) is 0 Å². The number of rotatable bonds is 3. The second-order valence-electron chi connectivity index (χ2n) is 2.45. The molecule has 1 heterocycles. The topological polar surface area (TPSA) is 12.5 Å². The Hall–Kier alpha value is 0.400. The highest BCUT2D eigenvalue weighted by Gasteiger charge is 2.09. The summed E-state index contributed by atoms with van der Waals surface area (Å²) in [7, 11) is 0. The van der Waals surface area contributed by atoms with E-state index in [1.165, 1.54) is 25.9 Å². The molecule has 1 aliphatic heterocycles. The number of hydrogen-bond donors (Lipinski definition) is 0. The normalized spacial score (nSPS) is 18.9. The average Bonchev–Trinajstić information content (AvgIpc) is 2.34. The zero-order chi connectivity index (χ0) is 6.53. The molecule has 3 heteroatoms. The van der Waals surface area contributed by atoms with Crippen molar-refractivity contribution in [3.8, 4) is 0 Å². The second kappa shape index (κ2) is 6.13. The fourth-order valence-electron chi connectivity index (χ4n) is 1.13. The van der Waals surface area contributed by atoms with Crippen molar-refractivity contribution < 1.29 is 4.74 Å². The van der Waals surface area contributed by atoms with Crippen molar-refractivity contribution in [3.05, 3.63) is 0 Å². The van der Waals surface area contributed by atoms with Crippen LogP contribution in [0, 0.1) is 0 Å². The van der Waals surface area contributed by atoms with Gasteiger partial charge in [-0.15, -0.1) is 17.0 Å². The van der Waals surface area contributed by atoms with Crippen LogP contribution in [0.15, 0.2) is 0 Å². The van der Waals surface area contributed by atoms with Crippen LogP contribution in [-0.4, -0.2) is 31.3 Å². The van der Waals surface area contributed by atoms with Crippen molar-refractivity contribution in [3.63, 3.8) is 0 Å². The molecule has 1 rings (SSSR count). The van der Waals surface area contributed by atoms with Crippen molar-refractivity contribution >= 4 is 17.0 Å². The van der Waals surface area contributed by atoms with Gasteiger partial charge in [-0.05, 0) is 19.8 Å². The molecule has 2 nitrogen and oxygen atoms in total. The molecule has 0 aromatic heterocycles. The first-order chi connectivity index (χ1) is 4.43. The van der Waals surface area contributed by atoms with Gasteiger partial charge < -0.3 is 4.74 Å². The van der Waals surface area contributed by atoms with E-state index in [9.17, 15) is 0 Å². The van der Waals surface area contributed by atoms with E-state index in [0.717, 1.165) is 13.3 Å². The van der Waals surface area contributed by atoms with Crippen molar-refractivity contribution in [1.82, 2.24) is 4.90 Å². The van der Waals surface area contributed by atoms with Gasteiger partial charge in [-0.25, -0.2) is 0 Å². The Morgan fingerprint density at radius 2 is 1.90 bits per heavy atom. The van der Waals surface area contributed by atoms with Gasteiger partial charge in [0.2, 0.25) is 0 Å². The Morgan fingerprint density at radius 3 is 2.40 bits per heavy atom. The van der Waals surface area contributed by atoms with Gasteiger partial charge >= 0.3 is 0 Å². The van der Waals surface area contributed by atoms with Crippen LogP contribution in [0.25, 0.3) is 0 Å². The van der Waals surface area contributed by atoms with E-state index in [4.69, 9.17) is 4.74 Å². The van der Waals surface area contributed by atoms with Crippen molar-refractivity contribution in [2.75, 3.05) is 26.4 Å². The van der Waals surface area contributed by atoms with Gasteiger partial charge in [0.05, 0.1) is 6.73 Å². The van der Waals surface area contributed by atoms with Gasteiger partial charge in [-0.1, -0.05) is 0 Å². The summed E-state index contributed by atoms with van der Waals surface area (Å²) in [5.74, 6) is 0. The molecule has 0 aromatic rings. The monoisotopic (exact) mass is 209 g/mol. The summed E-state index contributed by atoms with van der Waals surface area (Å²) < 4.78 is 5.24. The molecule has 0 unspecified atom stereocenters. The summed E-state index contributed by atoms with van der Waals surface area (Å²) in [5, 5.41) is 0. The SMILES string of the molecule is Br.CCOCN1CCCC1. The van der Waals surface area contributed by atoms with Gasteiger partial charge in [0.15, 0.2) is 0 Å². The summed E-state index contributed by atoms with van der Waals surface area (Å²) in [6.07, 6.45) is 2.71. The van der Waals surface area contributed by atoms with Crippen LogP contribution in [0.5, 0.6) is 0 Å². The standard InChI is InChI=1S/C7H15NO.BrH/c1-2-9-7-8-5-3-4-6-8;/h2-7H2,1H3;1H. The van der Waals surface area contributed by atoms with E-state index >= 15 is 0 Å². The van der Waals surface area contributed by atoms with Crippen molar-refractivity contribution in [1.29, 1.82) is 0 Å². The lowest BCUT2D eigenvalue weighted by Gasteiger charge is -2.12. The lowest BCUT2D eigenvalue weighted by atomic mass is 10.4. The van der Waals surface area contributed by atoms with Crippen LogP contribution in [0.3, 0.4) is 0 Å². The molecule has 62 valence electrons. The minimum atomic E-state index is 0. The van der Waals surface area contributed by atoms with E-state index in [1.54, 1.807) is 0 Å². The van der Waals surface area contributed by atoms with Gasteiger partial charge in [-0.3, -0.25) is 4.90 Å². The Kier molecular flexibility index (Phi) is 6.38. The number of halogens is 1. The maximum absolute atomic E-state index is 5.24. The smallest absolute Gasteiger partial charge is 0.0990 e. The first-order valence-electron chi connectivity index (χ1n) is 3.73. The summed E-state index contributed by atoms with van der Waals surface area (Å²) in [5.41, 5.74) is 0. The van der Waals surface area contributed by atoms with Crippen LogP contribution in [0.4, 0.5) is 0 Å². The molecule has 0 saturated carbocycles. The highest BCUT2D eigenvalue weighted by atomic mass is 79.9. The number of hydrogen-bond acceptors (Lipinski definition) is 2. The van der Waals surface area contributed by atoms with E-state index in [-0.39, 0.29) is 17.0 Å². The number of likely N-dealkylation sites (tertiary alicyclic amines) is 1. The van der Waals surface area contributed by atoms with Gasteiger partial charge in [0, 0.05) is 19.7 Å². The van der Waals surface area contributed by atoms with Crippen LogP contribution >= 0.6 is 17.0 Å². The minimum absolute atomic E-state index is 0. The van der Waals surface area contributed by atoms with Crippen LogP contribution in [0.2, 0.25) is 0 Å². The molecule has 0 bridgehead atoms. The first-order valence-corrected chi connectivity index (χ1v) is 3.73. The lowest BCUT2D eigenvalue weighted by molar-refractivity contribution is 0.0496. The molecular weight excluding hydrogens is 194 g/mol. The summed E-state index contributed by atoms with van der Waals surface area (Å²) in [6, 6.07) is 0. The predicted molar refractivity (Wildman–Crippen MR) is 47.6 cm³/mol. The Labute approximate surface area is 73.3 Å². The third-order valence-corrected chi connectivity index (χ3v) is 1.68. The second-order valence-corrected chi connectivity index (χ2v) is 2.45. The minimum Gasteiger partial charge on any atom is -0.366 e. The predicted octanol–water partition coefficient (Wildman–Crippen LogP) is 1.65. The lowest BCUT2D eigenvalue weighted by Crippen LogP contribution is -2.22. The molecule has 0 amide bonds. The van der Waals surface area contributed by atoms with E-state index in [2.05, 4.69) is 4.90 Å². The average molecular weight is 210 g/mol. The Balaban J connectivity index is 0.000000810. The maximum atomic E-state index is 5.24. The quantitative estimate of drug-likeness (QED) is 0.702. The van der Waals surface area contributed by atoms with E-state index in [1.807, 2.05) is 6.92 Å². The van der Waals surface area contributed by atoms with Crippen molar-refractivity contribution in [2.45, 2.75) is 19.8 Å². The summed E-state index contributed by atoms with van der Waals surface area (Å²) >= 11 is 0. The van der Waals surface area contributed by atoms with E-state index < -0.39 is 0 Å². The molecule has 1 saturated heterocycles. The zero-order valence-corrected chi connectivity index (χ0v) is 8.22.